The molecule has 166 valence electrons. The highest BCUT2D eigenvalue weighted by Gasteiger charge is 2.15. The van der Waals surface area contributed by atoms with Crippen LogP contribution in [0.5, 0.6) is 5.75 Å². The van der Waals surface area contributed by atoms with Gasteiger partial charge in [0.15, 0.2) is 0 Å². The molecular formula is C28H28N4O. The zero-order valence-corrected chi connectivity index (χ0v) is 19.0. The summed E-state index contributed by atoms with van der Waals surface area (Å²) >= 11 is 0. The SMILES string of the molecule is COc1cccc(-c2cncc(-c3cn(CCN4CCCCC4)c4ccc(C#N)cc34)c2)c1. The third-order valence-electron chi connectivity index (χ3n) is 6.57. The maximum Gasteiger partial charge on any atom is 0.119 e. The van der Waals surface area contributed by atoms with E-state index in [0.29, 0.717) is 5.56 Å². The fraction of sp³-hybridized carbons (Fsp3) is 0.286. The van der Waals surface area contributed by atoms with Crippen molar-refractivity contribution in [1.29, 1.82) is 5.26 Å². The molecule has 2 aromatic carbocycles. The molecule has 2 aromatic heterocycles. The van der Waals surface area contributed by atoms with Gasteiger partial charge in [0.2, 0.25) is 0 Å². The molecule has 1 aliphatic rings. The number of hydrogen-bond donors (Lipinski definition) is 0. The number of fused-ring (bicyclic) bond motifs is 1. The second kappa shape index (κ2) is 9.48. The molecule has 4 aromatic rings. The second-order valence-corrected chi connectivity index (χ2v) is 8.68. The summed E-state index contributed by atoms with van der Waals surface area (Å²) in [5, 5.41) is 10.6. The summed E-state index contributed by atoms with van der Waals surface area (Å²) in [6, 6.07) is 18.5. The van der Waals surface area contributed by atoms with Crippen LogP contribution in [0.3, 0.4) is 0 Å². The molecule has 1 saturated heterocycles. The van der Waals surface area contributed by atoms with Crippen LogP contribution in [0.25, 0.3) is 33.2 Å². The molecule has 0 radical (unpaired) electrons. The first kappa shape index (κ1) is 21.2. The van der Waals surface area contributed by atoms with Gasteiger partial charge in [-0.25, -0.2) is 0 Å². The van der Waals surface area contributed by atoms with E-state index < -0.39 is 0 Å². The first-order valence-corrected chi connectivity index (χ1v) is 11.6. The van der Waals surface area contributed by atoms with E-state index in [-0.39, 0.29) is 0 Å². The molecule has 0 saturated carbocycles. The van der Waals surface area contributed by atoms with E-state index in [9.17, 15) is 5.26 Å². The Labute approximate surface area is 194 Å². The van der Waals surface area contributed by atoms with Crippen molar-refractivity contribution in [2.75, 3.05) is 26.7 Å². The average Bonchev–Trinajstić information content (AvgIpc) is 3.26. The number of methoxy groups -OCH3 is 1. The monoisotopic (exact) mass is 436 g/mol. The van der Waals surface area contributed by atoms with Crippen molar-refractivity contribution >= 4 is 10.9 Å². The average molecular weight is 437 g/mol. The third kappa shape index (κ3) is 4.48. The molecular weight excluding hydrogens is 408 g/mol. The van der Waals surface area contributed by atoms with Gasteiger partial charge >= 0.3 is 0 Å². The zero-order valence-electron chi connectivity index (χ0n) is 19.0. The van der Waals surface area contributed by atoms with Crippen molar-refractivity contribution in [2.45, 2.75) is 25.8 Å². The Morgan fingerprint density at radius 2 is 1.79 bits per heavy atom. The van der Waals surface area contributed by atoms with E-state index >= 15 is 0 Å². The number of aromatic nitrogens is 2. The van der Waals surface area contributed by atoms with Gasteiger partial charge in [0.05, 0.1) is 18.7 Å². The Morgan fingerprint density at radius 1 is 0.939 bits per heavy atom. The van der Waals surface area contributed by atoms with Crippen LogP contribution < -0.4 is 4.74 Å². The van der Waals surface area contributed by atoms with Crippen molar-refractivity contribution in [3.63, 3.8) is 0 Å². The minimum atomic E-state index is 0.675. The van der Waals surface area contributed by atoms with Gasteiger partial charge in [0.25, 0.3) is 0 Å². The van der Waals surface area contributed by atoms with Gasteiger partial charge in [-0.15, -0.1) is 0 Å². The summed E-state index contributed by atoms with van der Waals surface area (Å²) in [6.45, 7) is 4.37. The van der Waals surface area contributed by atoms with Crippen molar-refractivity contribution in [2.24, 2.45) is 0 Å². The molecule has 5 nitrogen and oxygen atoms in total. The standard InChI is InChI=1S/C28H28N4O/c1-33-25-7-5-6-22(16-25)23-15-24(19-30-18-23)27-20-32(13-12-31-10-3-2-4-11-31)28-9-8-21(17-29)14-26(27)28/h5-9,14-16,18-20H,2-4,10-13H2,1H3. The molecule has 5 heteroatoms. The van der Waals surface area contributed by atoms with Crippen molar-refractivity contribution < 1.29 is 4.74 Å². The predicted molar refractivity (Wildman–Crippen MR) is 132 cm³/mol. The van der Waals surface area contributed by atoms with Crippen LogP contribution in [0.15, 0.2) is 67.1 Å². The second-order valence-electron chi connectivity index (χ2n) is 8.68. The number of nitrogens with zero attached hydrogens (tertiary/aromatic N) is 4. The van der Waals surface area contributed by atoms with E-state index in [1.54, 1.807) is 7.11 Å². The number of ether oxygens (including phenoxy) is 1. The van der Waals surface area contributed by atoms with Crippen LogP contribution >= 0.6 is 0 Å². The fourth-order valence-electron chi connectivity index (χ4n) is 4.76. The Balaban J connectivity index is 1.53. The first-order chi connectivity index (χ1) is 16.2. The molecule has 0 N–H and O–H groups in total. The van der Waals surface area contributed by atoms with Gasteiger partial charge in [0, 0.05) is 59.3 Å². The summed E-state index contributed by atoms with van der Waals surface area (Å²) in [6.07, 6.45) is 9.96. The maximum atomic E-state index is 9.49. The van der Waals surface area contributed by atoms with Gasteiger partial charge in [-0.1, -0.05) is 18.6 Å². The molecule has 0 unspecified atom stereocenters. The number of benzene rings is 2. The smallest absolute Gasteiger partial charge is 0.119 e. The molecule has 0 amide bonds. The van der Waals surface area contributed by atoms with Crippen LogP contribution in [0.2, 0.25) is 0 Å². The van der Waals surface area contributed by atoms with Crippen molar-refractivity contribution in [1.82, 2.24) is 14.5 Å². The summed E-state index contributed by atoms with van der Waals surface area (Å²) in [7, 11) is 1.68. The Hall–Kier alpha value is -3.62. The summed E-state index contributed by atoms with van der Waals surface area (Å²) in [5.74, 6) is 0.825. The van der Waals surface area contributed by atoms with Crippen molar-refractivity contribution in [3.8, 4) is 34.1 Å². The fourth-order valence-corrected chi connectivity index (χ4v) is 4.76. The maximum absolute atomic E-state index is 9.49. The van der Waals surface area contributed by atoms with Gasteiger partial charge in [-0.05, 0) is 67.9 Å². The normalized spacial score (nSPS) is 14.3. The number of pyridine rings is 1. The van der Waals surface area contributed by atoms with Crippen LogP contribution in [0.1, 0.15) is 24.8 Å². The van der Waals surface area contributed by atoms with Crippen LogP contribution in [-0.2, 0) is 6.54 Å². The Bertz CT molecular complexity index is 1310. The molecule has 0 atom stereocenters. The van der Waals surface area contributed by atoms with E-state index in [1.807, 2.05) is 42.7 Å². The van der Waals surface area contributed by atoms with E-state index in [2.05, 4.69) is 44.9 Å². The molecule has 33 heavy (non-hydrogen) atoms. The zero-order chi connectivity index (χ0) is 22.6. The Morgan fingerprint density at radius 3 is 2.61 bits per heavy atom. The van der Waals surface area contributed by atoms with Gasteiger partial charge in [-0.3, -0.25) is 4.98 Å². The van der Waals surface area contributed by atoms with Gasteiger partial charge < -0.3 is 14.2 Å². The lowest BCUT2D eigenvalue weighted by atomic mass is 10.0. The molecule has 3 heterocycles. The molecule has 5 rings (SSSR count). The highest BCUT2D eigenvalue weighted by molar-refractivity contribution is 5.97. The van der Waals surface area contributed by atoms with Gasteiger partial charge in [0.1, 0.15) is 5.75 Å². The molecule has 0 spiro atoms. The minimum absolute atomic E-state index is 0.675. The lowest BCUT2D eigenvalue weighted by molar-refractivity contribution is 0.222. The number of hydrogen-bond acceptors (Lipinski definition) is 4. The van der Waals surface area contributed by atoms with Crippen molar-refractivity contribution in [3.05, 3.63) is 72.7 Å². The lowest BCUT2D eigenvalue weighted by Crippen LogP contribution is -2.32. The topological polar surface area (TPSA) is 54.1 Å². The summed E-state index contributed by atoms with van der Waals surface area (Å²) in [5.41, 5.74) is 6.10. The first-order valence-electron chi connectivity index (χ1n) is 11.6. The third-order valence-corrected chi connectivity index (χ3v) is 6.57. The van der Waals surface area contributed by atoms with E-state index in [4.69, 9.17) is 4.74 Å². The minimum Gasteiger partial charge on any atom is -0.497 e. The highest BCUT2D eigenvalue weighted by atomic mass is 16.5. The predicted octanol–water partition coefficient (Wildman–Crippen LogP) is 5.74. The molecule has 1 fully saturated rings. The van der Waals surface area contributed by atoms with E-state index in [1.165, 1.54) is 32.4 Å². The van der Waals surface area contributed by atoms with Crippen LogP contribution in [0, 0.1) is 11.3 Å². The van der Waals surface area contributed by atoms with Crippen LogP contribution in [-0.4, -0.2) is 41.2 Å². The van der Waals surface area contributed by atoms with E-state index in [0.717, 1.165) is 52.0 Å². The number of rotatable bonds is 6. The quantitative estimate of drug-likeness (QED) is 0.387. The number of likely N-dealkylation sites (tertiary alicyclic amines) is 1. The molecule has 0 aliphatic carbocycles. The highest BCUT2D eigenvalue weighted by Crippen LogP contribution is 2.34. The summed E-state index contributed by atoms with van der Waals surface area (Å²) < 4.78 is 7.73. The molecule has 1 aliphatic heterocycles. The number of nitriles is 1. The summed E-state index contributed by atoms with van der Waals surface area (Å²) in [4.78, 5) is 7.11. The Kier molecular flexibility index (Phi) is 6.10. The number of piperidine rings is 1. The lowest BCUT2D eigenvalue weighted by Gasteiger charge is -2.26. The largest absolute Gasteiger partial charge is 0.497 e. The molecule has 0 bridgehead atoms. The van der Waals surface area contributed by atoms with Crippen LogP contribution in [0.4, 0.5) is 0 Å². The van der Waals surface area contributed by atoms with Gasteiger partial charge in [-0.2, -0.15) is 5.26 Å².